The predicted octanol–water partition coefficient (Wildman–Crippen LogP) is 3.87. The quantitative estimate of drug-likeness (QED) is 0.818. The van der Waals surface area contributed by atoms with E-state index in [1.807, 2.05) is 0 Å². The molecule has 1 aromatic carbocycles. The molecule has 0 unspecified atom stereocenters. The van der Waals surface area contributed by atoms with E-state index in [4.69, 9.17) is 23.2 Å². The largest absolute Gasteiger partial charge is 0.386 e. The summed E-state index contributed by atoms with van der Waals surface area (Å²) >= 11 is 11.6. The first-order valence-electron chi connectivity index (χ1n) is 4.05. The first kappa shape index (κ1) is 11.3. The zero-order chi connectivity index (χ0) is 10.7. The number of hydrogen-bond donors (Lipinski definition) is 1. The van der Waals surface area contributed by atoms with Crippen LogP contribution < -0.4 is 5.32 Å². The number of hydrogen-bond acceptors (Lipinski definition) is 1. The zero-order valence-corrected chi connectivity index (χ0v) is 9.38. The molecule has 0 aliphatic heterocycles. The van der Waals surface area contributed by atoms with E-state index >= 15 is 0 Å². The van der Waals surface area contributed by atoms with Crippen molar-refractivity contribution < 1.29 is 4.39 Å². The highest BCUT2D eigenvalue weighted by atomic mass is 35.5. The summed E-state index contributed by atoms with van der Waals surface area (Å²) in [6, 6.07) is 4.97. The van der Waals surface area contributed by atoms with Gasteiger partial charge in [-0.2, -0.15) is 0 Å². The van der Waals surface area contributed by atoms with Gasteiger partial charge in [-0.25, -0.2) is 4.39 Å². The van der Waals surface area contributed by atoms with Crippen LogP contribution in [0.2, 0.25) is 10.0 Å². The summed E-state index contributed by atoms with van der Waals surface area (Å²) in [5, 5.41) is 3.64. The molecule has 0 aliphatic rings. The van der Waals surface area contributed by atoms with Crippen molar-refractivity contribution in [3.8, 4) is 0 Å². The van der Waals surface area contributed by atoms with Crippen molar-refractivity contribution in [3.63, 3.8) is 0 Å². The fourth-order valence-corrected chi connectivity index (χ4v) is 1.47. The van der Waals surface area contributed by atoms with Crippen LogP contribution in [0.5, 0.6) is 0 Å². The van der Waals surface area contributed by atoms with Crippen molar-refractivity contribution in [2.75, 3.05) is 7.05 Å². The molecule has 0 aliphatic carbocycles. The molecule has 0 heterocycles. The van der Waals surface area contributed by atoms with Gasteiger partial charge in [-0.15, -0.1) is 0 Å². The van der Waals surface area contributed by atoms with Crippen molar-refractivity contribution in [2.45, 2.75) is 6.92 Å². The maximum Gasteiger partial charge on any atom is 0.120 e. The van der Waals surface area contributed by atoms with E-state index in [1.165, 1.54) is 6.92 Å². The summed E-state index contributed by atoms with van der Waals surface area (Å²) in [5.74, 6) is -0.286. The van der Waals surface area contributed by atoms with E-state index in [0.29, 0.717) is 21.3 Å². The molecule has 0 spiro atoms. The number of allylic oxidation sites excluding steroid dienone is 1. The Morgan fingerprint density at radius 3 is 2.36 bits per heavy atom. The molecule has 1 N–H and O–H groups in total. The zero-order valence-electron chi connectivity index (χ0n) is 7.87. The standard InChI is InChI=1S/C10H10Cl2FN/c1-6(13)10(14-2)7-3-4-8(11)9(12)5-7/h3-5,14H,1-2H3/b10-6+. The van der Waals surface area contributed by atoms with Gasteiger partial charge in [0.25, 0.3) is 0 Å². The molecule has 76 valence electrons. The predicted molar refractivity (Wildman–Crippen MR) is 59.2 cm³/mol. The van der Waals surface area contributed by atoms with Gasteiger partial charge < -0.3 is 5.32 Å². The summed E-state index contributed by atoms with van der Waals surface area (Å²) < 4.78 is 13.0. The van der Waals surface area contributed by atoms with Gasteiger partial charge in [-0.3, -0.25) is 0 Å². The molecular formula is C10H10Cl2FN. The van der Waals surface area contributed by atoms with Crippen LogP contribution >= 0.6 is 23.2 Å². The van der Waals surface area contributed by atoms with Crippen molar-refractivity contribution in [1.29, 1.82) is 0 Å². The van der Waals surface area contributed by atoms with Crippen molar-refractivity contribution in [1.82, 2.24) is 5.32 Å². The molecule has 1 nitrogen and oxygen atoms in total. The average Bonchev–Trinajstić information content (AvgIpc) is 2.11. The monoisotopic (exact) mass is 233 g/mol. The van der Waals surface area contributed by atoms with Crippen LogP contribution in [0.25, 0.3) is 5.70 Å². The van der Waals surface area contributed by atoms with E-state index in [9.17, 15) is 4.39 Å². The molecular weight excluding hydrogens is 224 g/mol. The molecule has 0 radical (unpaired) electrons. The Morgan fingerprint density at radius 1 is 1.29 bits per heavy atom. The normalized spacial score (nSPS) is 12.4. The van der Waals surface area contributed by atoms with Crippen LogP contribution in [0.15, 0.2) is 24.0 Å². The summed E-state index contributed by atoms with van der Waals surface area (Å²) in [5.41, 5.74) is 1.10. The summed E-state index contributed by atoms with van der Waals surface area (Å²) in [6.07, 6.45) is 0. The highest BCUT2D eigenvalue weighted by Gasteiger charge is 2.06. The SMILES string of the molecule is CN/C(=C(\C)F)c1ccc(Cl)c(Cl)c1. The fourth-order valence-electron chi connectivity index (χ4n) is 1.17. The summed E-state index contributed by atoms with van der Waals surface area (Å²) in [6.45, 7) is 1.38. The number of benzene rings is 1. The number of nitrogens with one attached hydrogen (secondary N) is 1. The highest BCUT2D eigenvalue weighted by molar-refractivity contribution is 6.42. The molecule has 0 bridgehead atoms. The Balaban J connectivity index is 3.20. The lowest BCUT2D eigenvalue weighted by atomic mass is 10.1. The molecule has 0 saturated carbocycles. The Labute approximate surface area is 92.5 Å². The molecule has 1 aromatic rings. The van der Waals surface area contributed by atoms with Crippen molar-refractivity contribution in [2.24, 2.45) is 0 Å². The highest BCUT2D eigenvalue weighted by Crippen LogP contribution is 2.26. The molecule has 0 amide bonds. The van der Waals surface area contributed by atoms with Crippen LogP contribution in [-0.4, -0.2) is 7.05 Å². The van der Waals surface area contributed by atoms with Gasteiger partial charge in [0.05, 0.1) is 15.7 Å². The maximum atomic E-state index is 13.0. The number of rotatable bonds is 2. The molecule has 0 saturated heterocycles. The number of halogens is 3. The average molecular weight is 234 g/mol. The van der Waals surface area contributed by atoms with Gasteiger partial charge >= 0.3 is 0 Å². The van der Waals surface area contributed by atoms with Gasteiger partial charge in [0, 0.05) is 12.6 Å². The van der Waals surface area contributed by atoms with Crippen LogP contribution in [0, 0.1) is 0 Å². The third-order valence-corrected chi connectivity index (χ3v) is 2.54. The first-order chi connectivity index (χ1) is 6.56. The maximum absolute atomic E-state index is 13.0. The lowest BCUT2D eigenvalue weighted by Crippen LogP contribution is -2.05. The second-order valence-corrected chi connectivity index (χ2v) is 3.60. The van der Waals surface area contributed by atoms with Crippen molar-refractivity contribution >= 4 is 28.9 Å². The first-order valence-corrected chi connectivity index (χ1v) is 4.81. The van der Waals surface area contributed by atoms with E-state index in [1.54, 1.807) is 25.2 Å². The molecule has 14 heavy (non-hydrogen) atoms. The molecule has 0 fully saturated rings. The third-order valence-electron chi connectivity index (χ3n) is 1.80. The van der Waals surface area contributed by atoms with Gasteiger partial charge in [-0.05, 0) is 19.1 Å². The van der Waals surface area contributed by atoms with Gasteiger partial charge in [-0.1, -0.05) is 29.3 Å². The Hall–Kier alpha value is -0.730. The second kappa shape index (κ2) is 4.67. The Morgan fingerprint density at radius 2 is 1.93 bits per heavy atom. The lowest BCUT2D eigenvalue weighted by molar-refractivity contribution is 0.637. The van der Waals surface area contributed by atoms with E-state index in [-0.39, 0.29) is 5.83 Å². The van der Waals surface area contributed by atoms with Gasteiger partial charge in [0.15, 0.2) is 0 Å². The van der Waals surface area contributed by atoms with Gasteiger partial charge in [0.1, 0.15) is 5.83 Å². The minimum absolute atomic E-state index is 0.286. The Kier molecular flexibility index (Phi) is 3.78. The van der Waals surface area contributed by atoms with Crippen LogP contribution in [0.4, 0.5) is 4.39 Å². The van der Waals surface area contributed by atoms with Crippen LogP contribution in [0.3, 0.4) is 0 Å². The van der Waals surface area contributed by atoms with Crippen molar-refractivity contribution in [3.05, 3.63) is 39.6 Å². The second-order valence-electron chi connectivity index (χ2n) is 2.79. The lowest BCUT2D eigenvalue weighted by Gasteiger charge is -2.08. The summed E-state index contributed by atoms with van der Waals surface area (Å²) in [4.78, 5) is 0. The van der Waals surface area contributed by atoms with Gasteiger partial charge in [0.2, 0.25) is 0 Å². The molecule has 1 rings (SSSR count). The smallest absolute Gasteiger partial charge is 0.120 e. The minimum Gasteiger partial charge on any atom is -0.386 e. The van der Waals surface area contributed by atoms with Crippen LogP contribution in [0.1, 0.15) is 12.5 Å². The van der Waals surface area contributed by atoms with E-state index in [0.717, 1.165) is 0 Å². The van der Waals surface area contributed by atoms with E-state index < -0.39 is 0 Å². The third kappa shape index (κ3) is 2.40. The molecule has 0 atom stereocenters. The summed E-state index contributed by atoms with van der Waals surface area (Å²) in [7, 11) is 1.65. The van der Waals surface area contributed by atoms with Crippen LogP contribution in [-0.2, 0) is 0 Å². The molecule has 0 aromatic heterocycles. The Bertz CT molecular complexity index is 370. The fraction of sp³-hybridized carbons (Fsp3) is 0.200. The van der Waals surface area contributed by atoms with E-state index in [2.05, 4.69) is 5.32 Å². The molecule has 4 heteroatoms. The topological polar surface area (TPSA) is 12.0 Å². The minimum atomic E-state index is -0.286.